The van der Waals surface area contributed by atoms with Crippen LogP contribution in [0.4, 0.5) is 0 Å². The lowest BCUT2D eigenvalue weighted by molar-refractivity contribution is 0.409. The van der Waals surface area contributed by atoms with Gasteiger partial charge < -0.3 is 10.5 Å². The fourth-order valence-corrected chi connectivity index (χ4v) is 2.81. The molecular weight excluding hydrogens is 292 g/mol. The summed E-state index contributed by atoms with van der Waals surface area (Å²) in [6, 6.07) is 7.93. The van der Waals surface area contributed by atoms with Gasteiger partial charge in [0.2, 0.25) is 10.0 Å². The quantitative estimate of drug-likeness (QED) is 0.801. The molecule has 112 valence electrons. The molecule has 0 bridgehead atoms. The maximum Gasteiger partial charge on any atom is 0.240 e. The molecule has 7 nitrogen and oxygen atoms in total. The summed E-state index contributed by atoms with van der Waals surface area (Å²) >= 11 is 0. The monoisotopic (exact) mass is 308 g/mol. The van der Waals surface area contributed by atoms with Crippen LogP contribution in [-0.2, 0) is 23.1 Å². The van der Waals surface area contributed by atoms with Gasteiger partial charge in [0.05, 0.1) is 24.2 Å². The first-order chi connectivity index (χ1) is 10.1. The second-order valence-electron chi connectivity index (χ2n) is 4.22. The smallest absolute Gasteiger partial charge is 0.240 e. The third-order valence-corrected chi connectivity index (χ3v) is 4.25. The number of nitrogens with two attached hydrogens (primary N) is 1. The molecule has 1 aromatic heterocycles. The molecule has 21 heavy (non-hydrogen) atoms. The third-order valence-electron chi connectivity index (χ3n) is 2.85. The second-order valence-corrected chi connectivity index (χ2v) is 5.98. The minimum Gasteiger partial charge on any atom is -0.496 e. The summed E-state index contributed by atoms with van der Waals surface area (Å²) in [5, 5.41) is 7.51. The molecule has 3 N–H and O–H groups in total. The molecule has 1 heterocycles. The van der Waals surface area contributed by atoms with Gasteiger partial charge in [-0.3, -0.25) is 0 Å². The highest BCUT2D eigenvalue weighted by atomic mass is 32.2. The zero-order valence-corrected chi connectivity index (χ0v) is 12.3. The van der Waals surface area contributed by atoms with E-state index in [-0.39, 0.29) is 18.0 Å². The second kappa shape index (κ2) is 6.61. The predicted molar refractivity (Wildman–Crippen MR) is 76.9 cm³/mol. The normalized spacial score (nSPS) is 11.3. The van der Waals surface area contributed by atoms with E-state index in [1.165, 1.54) is 25.4 Å². The topological polar surface area (TPSA) is 107 Å². The SMILES string of the molecule is COc1ccc(S(=O)(=O)NCc2cccnn2)cc1CN. The van der Waals surface area contributed by atoms with E-state index >= 15 is 0 Å². The first kappa shape index (κ1) is 15.4. The Kier molecular flexibility index (Phi) is 4.84. The number of methoxy groups -OCH3 is 1. The lowest BCUT2D eigenvalue weighted by Gasteiger charge is -2.10. The molecule has 0 fully saturated rings. The number of benzene rings is 1. The number of hydrogen-bond donors (Lipinski definition) is 2. The summed E-state index contributed by atoms with van der Waals surface area (Å²) in [6.07, 6.45) is 1.52. The van der Waals surface area contributed by atoms with E-state index in [0.717, 1.165) is 0 Å². The molecule has 0 saturated heterocycles. The molecule has 0 radical (unpaired) electrons. The van der Waals surface area contributed by atoms with Crippen LogP contribution in [0.3, 0.4) is 0 Å². The van der Waals surface area contributed by atoms with Crippen molar-refractivity contribution in [2.24, 2.45) is 5.73 Å². The third kappa shape index (κ3) is 3.75. The minimum absolute atomic E-state index is 0.0696. The fraction of sp³-hybridized carbons (Fsp3) is 0.231. The molecule has 0 unspecified atom stereocenters. The van der Waals surface area contributed by atoms with E-state index < -0.39 is 10.0 Å². The van der Waals surface area contributed by atoms with Gasteiger partial charge in [0.25, 0.3) is 0 Å². The number of rotatable bonds is 6. The van der Waals surface area contributed by atoms with Crippen molar-refractivity contribution in [2.75, 3.05) is 7.11 Å². The lowest BCUT2D eigenvalue weighted by atomic mass is 10.2. The van der Waals surface area contributed by atoms with E-state index in [9.17, 15) is 8.42 Å². The standard InChI is InChI=1S/C13H16N4O3S/c1-20-13-5-4-12(7-10(13)8-14)21(18,19)16-9-11-3-2-6-15-17-11/h2-7,16H,8-9,14H2,1H3. The van der Waals surface area contributed by atoms with Crippen LogP contribution in [0.5, 0.6) is 5.75 Å². The fourth-order valence-electron chi connectivity index (χ4n) is 1.76. The molecule has 2 rings (SSSR count). The molecule has 0 aliphatic heterocycles. The number of aromatic nitrogens is 2. The largest absolute Gasteiger partial charge is 0.496 e. The summed E-state index contributed by atoms with van der Waals surface area (Å²) in [5.74, 6) is 0.561. The summed E-state index contributed by atoms with van der Waals surface area (Å²) < 4.78 is 32.1. The lowest BCUT2D eigenvalue weighted by Crippen LogP contribution is -2.24. The van der Waals surface area contributed by atoms with Gasteiger partial charge in [-0.1, -0.05) is 0 Å². The van der Waals surface area contributed by atoms with Crippen molar-refractivity contribution in [3.63, 3.8) is 0 Å². The first-order valence-electron chi connectivity index (χ1n) is 6.20. The Bertz CT molecular complexity index is 705. The van der Waals surface area contributed by atoms with Crippen molar-refractivity contribution in [1.29, 1.82) is 0 Å². The van der Waals surface area contributed by atoms with Gasteiger partial charge in [0.15, 0.2) is 0 Å². The van der Waals surface area contributed by atoms with Crippen molar-refractivity contribution in [1.82, 2.24) is 14.9 Å². The Balaban J connectivity index is 2.19. The molecule has 1 aromatic carbocycles. The van der Waals surface area contributed by atoms with Crippen LogP contribution in [0.25, 0.3) is 0 Å². The number of ether oxygens (including phenoxy) is 1. The average Bonchev–Trinajstić information content (AvgIpc) is 2.53. The van der Waals surface area contributed by atoms with Crippen LogP contribution in [0.15, 0.2) is 41.4 Å². The van der Waals surface area contributed by atoms with Gasteiger partial charge in [-0.15, -0.1) is 0 Å². The van der Waals surface area contributed by atoms with E-state index in [1.54, 1.807) is 18.2 Å². The van der Waals surface area contributed by atoms with Crippen molar-refractivity contribution in [2.45, 2.75) is 18.0 Å². The van der Waals surface area contributed by atoms with Gasteiger partial charge in [-0.25, -0.2) is 13.1 Å². The number of sulfonamides is 1. The molecule has 0 spiro atoms. The summed E-state index contributed by atoms with van der Waals surface area (Å²) in [4.78, 5) is 0.132. The number of hydrogen-bond acceptors (Lipinski definition) is 6. The average molecular weight is 308 g/mol. The van der Waals surface area contributed by atoms with Crippen LogP contribution in [0, 0.1) is 0 Å². The molecule has 8 heteroatoms. The predicted octanol–water partition coefficient (Wildman–Crippen LogP) is 0.422. The zero-order valence-electron chi connectivity index (χ0n) is 11.5. The van der Waals surface area contributed by atoms with E-state index in [4.69, 9.17) is 10.5 Å². The van der Waals surface area contributed by atoms with Gasteiger partial charge in [0, 0.05) is 18.3 Å². The van der Waals surface area contributed by atoms with Crippen molar-refractivity contribution in [3.05, 3.63) is 47.8 Å². The van der Waals surface area contributed by atoms with Crippen LogP contribution in [0.1, 0.15) is 11.3 Å². The maximum absolute atomic E-state index is 12.2. The highest BCUT2D eigenvalue weighted by Crippen LogP contribution is 2.21. The minimum atomic E-state index is -3.64. The Morgan fingerprint density at radius 3 is 2.76 bits per heavy atom. The molecule has 2 aromatic rings. The summed E-state index contributed by atoms with van der Waals surface area (Å²) in [6.45, 7) is 0.261. The number of nitrogens with zero attached hydrogens (tertiary/aromatic N) is 2. The van der Waals surface area contributed by atoms with Crippen molar-refractivity contribution < 1.29 is 13.2 Å². The molecule has 0 saturated carbocycles. The van der Waals surface area contributed by atoms with Gasteiger partial charge >= 0.3 is 0 Å². The van der Waals surface area contributed by atoms with E-state index in [1.807, 2.05) is 0 Å². The Morgan fingerprint density at radius 2 is 2.14 bits per heavy atom. The van der Waals surface area contributed by atoms with Crippen LogP contribution < -0.4 is 15.2 Å². The number of nitrogens with one attached hydrogen (secondary N) is 1. The van der Waals surface area contributed by atoms with Gasteiger partial charge in [-0.05, 0) is 30.3 Å². The highest BCUT2D eigenvalue weighted by molar-refractivity contribution is 7.89. The van der Waals surface area contributed by atoms with Gasteiger partial charge in [-0.2, -0.15) is 10.2 Å². The zero-order chi connectivity index (χ0) is 15.3. The van der Waals surface area contributed by atoms with E-state index in [2.05, 4.69) is 14.9 Å². The van der Waals surface area contributed by atoms with E-state index in [0.29, 0.717) is 17.0 Å². The molecular formula is C13H16N4O3S. The highest BCUT2D eigenvalue weighted by Gasteiger charge is 2.16. The Morgan fingerprint density at radius 1 is 1.33 bits per heavy atom. The first-order valence-corrected chi connectivity index (χ1v) is 7.68. The Labute approximate surface area is 123 Å². The van der Waals surface area contributed by atoms with Crippen LogP contribution in [0.2, 0.25) is 0 Å². The molecule has 0 aliphatic rings. The molecule has 0 atom stereocenters. The van der Waals surface area contributed by atoms with Crippen molar-refractivity contribution in [3.8, 4) is 5.75 Å². The summed E-state index contributed by atoms with van der Waals surface area (Å²) in [7, 11) is -2.14. The van der Waals surface area contributed by atoms with Crippen LogP contribution in [-0.4, -0.2) is 25.7 Å². The van der Waals surface area contributed by atoms with Gasteiger partial charge in [0.1, 0.15) is 5.75 Å². The maximum atomic E-state index is 12.2. The Hall–Kier alpha value is -2.03. The molecule has 0 amide bonds. The van der Waals surface area contributed by atoms with Crippen molar-refractivity contribution >= 4 is 10.0 Å². The van der Waals surface area contributed by atoms with Crippen LogP contribution >= 0.6 is 0 Å². The molecule has 0 aliphatic carbocycles. The summed E-state index contributed by atoms with van der Waals surface area (Å²) in [5.41, 5.74) is 6.75.